The molecule has 0 spiro atoms. The van der Waals surface area contributed by atoms with Crippen LogP contribution < -0.4 is 11.1 Å². The summed E-state index contributed by atoms with van der Waals surface area (Å²) in [5, 5.41) is 11.6. The number of hydrogen-bond acceptors (Lipinski definition) is 5. The molecule has 1 aromatic heterocycles. The lowest BCUT2D eigenvalue weighted by Crippen LogP contribution is -2.42. The van der Waals surface area contributed by atoms with E-state index in [4.69, 9.17) is 5.73 Å². The van der Waals surface area contributed by atoms with E-state index < -0.39 is 17.9 Å². The van der Waals surface area contributed by atoms with Gasteiger partial charge in [-0.1, -0.05) is 18.2 Å². The van der Waals surface area contributed by atoms with E-state index in [9.17, 15) is 19.5 Å². The Labute approximate surface area is 138 Å². The van der Waals surface area contributed by atoms with Gasteiger partial charge in [0.05, 0.1) is 5.69 Å². The fourth-order valence-electron chi connectivity index (χ4n) is 2.12. The fourth-order valence-corrected chi connectivity index (χ4v) is 2.12. The molecule has 0 saturated carbocycles. The highest BCUT2D eigenvalue weighted by Crippen LogP contribution is 2.06. The number of nitrogens with two attached hydrogens (primary N) is 1. The van der Waals surface area contributed by atoms with Gasteiger partial charge in [-0.25, -0.2) is 9.78 Å². The predicted molar refractivity (Wildman–Crippen MR) is 85.3 cm³/mol. The number of hydrogen-bond donors (Lipinski definition) is 3. The normalized spacial score (nSPS) is 11.7. The van der Waals surface area contributed by atoms with Gasteiger partial charge in [0.25, 0.3) is 5.91 Å². The molecular formula is C16H18N4O4. The molecule has 1 aromatic carbocycles. The van der Waals surface area contributed by atoms with Crippen LogP contribution in [-0.2, 0) is 16.0 Å². The molecule has 0 aliphatic carbocycles. The molecule has 1 amide bonds. The molecule has 0 aliphatic rings. The zero-order valence-electron chi connectivity index (χ0n) is 12.9. The minimum absolute atomic E-state index is 0.0271. The number of carbonyl (C=O) groups excluding carboxylic acids is 2. The SMILES string of the molecule is NCCC(=O)N[C@@H](Cc1cn(C(=O)c2ccccc2)cn1)C(=O)O. The maximum atomic E-state index is 12.3. The van der Waals surface area contributed by atoms with Crippen LogP contribution >= 0.6 is 0 Å². The molecular weight excluding hydrogens is 312 g/mol. The number of aliphatic carboxylic acids is 1. The topological polar surface area (TPSA) is 127 Å². The van der Waals surface area contributed by atoms with Crippen LogP contribution in [0.3, 0.4) is 0 Å². The van der Waals surface area contributed by atoms with Gasteiger partial charge in [-0.05, 0) is 12.1 Å². The molecule has 2 rings (SSSR count). The molecule has 1 heterocycles. The summed E-state index contributed by atoms with van der Waals surface area (Å²) in [6.45, 7) is 0.137. The average Bonchev–Trinajstić information content (AvgIpc) is 3.03. The van der Waals surface area contributed by atoms with Crippen molar-refractivity contribution in [2.24, 2.45) is 5.73 Å². The summed E-state index contributed by atoms with van der Waals surface area (Å²) in [6.07, 6.45) is 2.80. The van der Waals surface area contributed by atoms with E-state index in [1.807, 2.05) is 0 Å². The molecule has 0 fully saturated rings. The van der Waals surface area contributed by atoms with E-state index in [1.54, 1.807) is 30.3 Å². The molecule has 0 bridgehead atoms. The zero-order chi connectivity index (χ0) is 17.5. The summed E-state index contributed by atoms with van der Waals surface area (Å²) < 4.78 is 1.28. The molecule has 0 saturated heterocycles. The van der Waals surface area contributed by atoms with Crippen LogP contribution in [0.25, 0.3) is 0 Å². The summed E-state index contributed by atoms with van der Waals surface area (Å²) in [4.78, 5) is 39.1. The van der Waals surface area contributed by atoms with E-state index in [0.29, 0.717) is 11.3 Å². The third-order valence-corrected chi connectivity index (χ3v) is 3.31. The van der Waals surface area contributed by atoms with Gasteiger partial charge in [0, 0.05) is 31.1 Å². The highest BCUT2D eigenvalue weighted by Gasteiger charge is 2.21. The molecule has 0 unspecified atom stereocenters. The van der Waals surface area contributed by atoms with Gasteiger partial charge in [0.1, 0.15) is 12.4 Å². The van der Waals surface area contributed by atoms with Crippen LogP contribution in [0, 0.1) is 0 Å². The first-order valence-corrected chi connectivity index (χ1v) is 7.36. The lowest BCUT2D eigenvalue weighted by atomic mass is 10.1. The predicted octanol–water partition coefficient (Wildman–Crippen LogP) is 0.0323. The van der Waals surface area contributed by atoms with Crippen molar-refractivity contribution >= 4 is 17.8 Å². The van der Waals surface area contributed by atoms with Crippen LogP contribution in [0.2, 0.25) is 0 Å². The van der Waals surface area contributed by atoms with Crippen molar-refractivity contribution < 1.29 is 19.5 Å². The van der Waals surface area contributed by atoms with E-state index in [0.717, 1.165) is 0 Å². The first-order chi connectivity index (χ1) is 11.5. The van der Waals surface area contributed by atoms with Crippen molar-refractivity contribution in [1.82, 2.24) is 14.9 Å². The van der Waals surface area contributed by atoms with E-state index >= 15 is 0 Å². The minimum atomic E-state index is -1.18. The van der Waals surface area contributed by atoms with Gasteiger partial charge in [-0.2, -0.15) is 0 Å². The Bertz CT molecular complexity index is 727. The second-order valence-corrected chi connectivity index (χ2v) is 5.14. The summed E-state index contributed by atoms with van der Waals surface area (Å²) in [5.41, 5.74) is 6.15. The van der Waals surface area contributed by atoms with Gasteiger partial charge in [-0.15, -0.1) is 0 Å². The van der Waals surface area contributed by atoms with Crippen LogP contribution in [0.15, 0.2) is 42.9 Å². The number of nitrogens with one attached hydrogen (secondary N) is 1. The molecule has 0 aliphatic heterocycles. The standard InChI is InChI=1S/C16H18N4O4/c17-7-6-14(21)19-13(16(23)24)8-12-9-20(10-18-12)15(22)11-4-2-1-3-5-11/h1-5,9-10,13H,6-8,17H2,(H,19,21)(H,23,24)/t13-/m0/s1. The average molecular weight is 330 g/mol. The highest BCUT2D eigenvalue weighted by atomic mass is 16.4. The molecule has 2 aromatic rings. The first-order valence-electron chi connectivity index (χ1n) is 7.36. The summed E-state index contributed by atoms with van der Waals surface area (Å²) >= 11 is 0. The maximum absolute atomic E-state index is 12.3. The number of carboxylic acids is 1. The Morgan fingerprint density at radius 1 is 1.25 bits per heavy atom. The largest absolute Gasteiger partial charge is 0.480 e. The third kappa shape index (κ3) is 4.50. The van der Waals surface area contributed by atoms with Gasteiger partial charge in [-0.3, -0.25) is 14.2 Å². The van der Waals surface area contributed by atoms with Crippen molar-refractivity contribution in [2.45, 2.75) is 18.9 Å². The van der Waals surface area contributed by atoms with Crippen molar-refractivity contribution in [2.75, 3.05) is 6.54 Å². The number of nitrogens with zero attached hydrogens (tertiary/aromatic N) is 2. The fraction of sp³-hybridized carbons (Fsp3) is 0.250. The summed E-state index contributed by atoms with van der Waals surface area (Å²) in [7, 11) is 0. The Morgan fingerprint density at radius 3 is 2.58 bits per heavy atom. The quantitative estimate of drug-likeness (QED) is 0.657. The number of aromatic nitrogens is 2. The third-order valence-electron chi connectivity index (χ3n) is 3.31. The summed E-state index contributed by atoms with van der Waals surface area (Å²) in [5.74, 6) is -1.89. The minimum Gasteiger partial charge on any atom is -0.480 e. The highest BCUT2D eigenvalue weighted by molar-refractivity contribution is 5.95. The van der Waals surface area contributed by atoms with Crippen LogP contribution in [0.5, 0.6) is 0 Å². The molecule has 8 heteroatoms. The Balaban J connectivity index is 2.07. The molecule has 8 nitrogen and oxygen atoms in total. The molecule has 126 valence electrons. The van der Waals surface area contributed by atoms with Crippen molar-refractivity contribution in [1.29, 1.82) is 0 Å². The number of benzene rings is 1. The number of imidazole rings is 1. The summed E-state index contributed by atoms with van der Waals surface area (Å²) in [6, 6.07) is 7.53. The van der Waals surface area contributed by atoms with E-state index in [1.165, 1.54) is 17.1 Å². The maximum Gasteiger partial charge on any atom is 0.326 e. The zero-order valence-corrected chi connectivity index (χ0v) is 12.9. The number of carbonyl (C=O) groups is 3. The Morgan fingerprint density at radius 2 is 1.96 bits per heavy atom. The van der Waals surface area contributed by atoms with Gasteiger partial charge >= 0.3 is 5.97 Å². The van der Waals surface area contributed by atoms with Gasteiger partial charge < -0.3 is 16.2 Å². The van der Waals surface area contributed by atoms with Crippen LogP contribution in [0.1, 0.15) is 22.5 Å². The van der Waals surface area contributed by atoms with Crippen molar-refractivity contribution in [3.8, 4) is 0 Å². The van der Waals surface area contributed by atoms with Gasteiger partial charge in [0.15, 0.2) is 0 Å². The van der Waals surface area contributed by atoms with E-state index in [2.05, 4.69) is 10.3 Å². The first kappa shape index (κ1) is 17.4. The number of amides is 1. The lowest BCUT2D eigenvalue weighted by molar-refractivity contribution is -0.141. The molecule has 4 N–H and O–H groups in total. The number of rotatable bonds is 7. The monoisotopic (exact) mass is 330 g/mol. The van der Waals surface area contributed by atoms with Crippen molar-refractivity contribution in [3.05, 3.63) is 54.1 Å². The molecule has 0 radical (unpaired) electrons. The molecule has 24 heavy (non-hydrogen) atoms. The van der Waals surface area contributed by atoms with Gasteiger partial charge in [0.2, 0.25) is 5.91 Å². The smallest absolute Gasteiger partial charge is 0.326 e. The van der Waals surface area contributed by atoms with Crippen molar-refractivity contribution in [3.63, 3.8) is 0 Å². The second kappa shape index (κ2) is 8.02. The lowest BCUT2D eigenvalue weighted by Gasteiger charge is -2.12. The van der Waals surface area contributed by atoms with Crippen LogP contribution in [0.4, 0.5) is 0 Å². The number of carboxylic acid groups (broad SMARTS) is 1. The van der Waals surface area contributed by atoms with Crippen LogP contribution in [-0.4, -0.2) is 45.0 Å². The Kier molecular flexibility index (Phi) is 5.80. The molecule has 1 atom stereocenters. The second-order valence-electron chi connectivity index (χ2n) is 5.14. The van der Waals surface area contributed by atoms with E-state index in [-0.39, 0.29) is 25.3 Å². The Hall–Kier alpha value is -3.00.